The van der Waals surface area contributed by atoms with E-state index in [1.165, 1.54) is 26.0 Å². The molecule has 3 N–H and O–H groups in total. The molecular weight excluding hydrogens is 254 g/mol. The normalized spacial score (nSPS) is 15.4. The average molecular weight is 271 g/mol. The van der Waals surface area contributed by atoms with Crippen LogP contribution in [-0.4, -0.2) is 24.4 Å². The van der Waals surface area contributed by atoms with Crippen LogP contribution < -0.4 is 5.73 Å². The maximum absolute atomic E-state index is 12.3. The topological polar surface area (TPSA) is 97.5 Å². The predicted molar refractivity (Wildman–Crippen MR) is 67.8 cm³/mol. The molecular formula is C12H17NO4S. The van der Waals surface area contributed by atoms with Crippen molar-refractivity contribution in [3.8, 4) is 0 Å². The lowest BCUT2D eigenvalue weighted by Crippen LogP contribution is -2.58. The fraction of sp³-hybridized carbons (Fsp3) is 0.417. The van der Waals surface area contributed by atoms with Gasteiger partial charge in [-0.25, -0.2) is 13.2 Å². The van der Waals surface area contributed by atoms with Crippen LogP contribution in [0.25, 0.3) is 0 Å². The summed E-state index contributed by atoms with van der Waals surface area (Å²) in [6, 6.07) is 5.96. The Hall–Kier alpha value is -1.40. The molecule has 1 aromatic carbocycles. The maximum Gasteiger partial charge on any atom is 0.340 e. The quantitative estimate of drug-likeness (QED) is 0.856. The van der Waals surface area contributed by atoms with E-state index in [-0.39, 0.29) is 4.90 Å². The molecule has 0 aliphatic rings. The third-order valence-corrected chi connectivity index (χ3v) is 5.40. The highest BCUT2D eigenvalue weighted by atomic mass is 32.2. The number of benzene rings is 1. The largest absolute Gasteiger partial charge is 0.479 e. The van der Waals surface area contributed by atoms with Crippen LogP contribution in [0.15, 0.2) is 29.2 Å². The summed E-state index contributed by atoms with van der Waals surface area (Å²) < 4.78 is 24.7. The van der Waals surface area contributed by atoms with Crippen molar-refractivity contribution in [2.24, 2.45) is 11.7 Å². The monoisotopic (exact) mass is 271 g/mol. The van der Waals surface area contributed by atoms with E-state index in [2.05, 4.69) is 0 Å². The summed E-state index contributed by atoms with van der Waals surface area (Å²) in [5, 5.41) is 9.15. The molecule has 5 nitrogen and oxygen atoms in total. The number of rotatable bonds is 4. The van der Waals surface area contributed by atoms with Crippen LogP contribution in [0.4, 0.5) is 0 Å². The Labute approximate surface area is 107 Å². The van der Waals surface area contributed by atoms with Crippen LogP contribution in [0.5, 0.6) is 0 Å². The highest BCUT2D eigenvalue weighted by molar-refractivity contribution is 7.93. The summed E-state index contributed by atoms with van der Waals surface area (Å²) in [5.41, 5.74) is 6.53. The number of carbonyl (C=O) groups is 1. The van der Waals surface area contributed by atoms with E-state index in [0.29, 0.717) is 0 Å². The predicted octanol–water partition coefficient (Wildman–Crippen LogP) is 1.16. The molecule has 0 aromatic heterocycles. The van der Waals surface area contributed by atoms with Gasteiger partial charge in [-0.15, -0.1) is 0 Å². The average Bonchev–Trinajstić information content (AvgIpc) is 2.27. The van der Waals surface area contributed by atoms with Gasteiger partial charge in [0.2, 0.25) is 14.7 Å². The van der Waals surface area contributed by atoms with E-state index in [1.807, 2.05) is 6.92 Å². The van der Waals surface area contributed by atoms with Crippen molar-refractivity contribution in [2.75, 3.05) is 0 Å². The number of nitrogens with two attached hydrogens (primary N) is 1. The second kappa shape index (κ2) is 4.70. The van der Waals surface area contributed by atoms with Gasteiger partial charge < -0.3 is 10.8 Å². The molecule has 0 unspecified atom stereocenters. The SMILES string of the molecule is Cc1ccc(S(=O)(=O)[C@@](N)(C(=O)O)C(C)C)cc1. The van der Waals surface area contributed by atoms with Crippen molar-refractivity contribution in [3.63, 3.8) is 0 Å². The smallest absolute Gasteiger partial charge is 0.340 e. The molecule has 0 saturated heterocycles. The molecule has 18 heavy (non-hydrogen) atoms. The van der Waals surface area contributed by atoms with Gasteiger partial charge in [0, 0.05) is 0 Å². The standard InChI is InChI=1S/C12H17NO4S/c1-8(2)12(13,11(14)15)18(16,17)10-6-4-9(3)5-7-10/h4-8H,13H2,1-3H3,(H,14,15)/t12-/m1/s1. The Bertz CT molecular complexity index is 548. The van der Waals surface area contributed by atoms with Gasteiger partial charge in [0.25, 0.3) is 0 Å². The Kier molecular flexibility index (Phi) is 3.83. The molecule has 0 saturated carbocycles. The molecule has 0 fully saturated rings. The molecule has 1 rings (SSSR count). The van der Waals surface area contributed by atoms with Crippen molar-refractivity contribution in [3.05, 3.63) is 29.8 Å². The van der Waals surface area contributed by atoms with Crippen molar-refractivity contribution in [1.29, 1.82) is 0 Å². The van der Waals surface area contributed by atoms with Gasteiger partial charge in [0.05, 0.1) is 4.90 Å². The van der Waals surface area contributed by atoms with Crippen LogP contribution >= 0.6 is 0 Å². The molecule has 100 valence electrons. The van der Waals surface area contributed by atoms with Crippen molar-refractivity contribution < 1.29 is 18.3 Å². The van der Waals surface area contributed by atoms with E-state index < -0.39 is 26.6 Å². The number of carboxylic acids is 1. The van der Waals surface area contributed by atoms with E-state index in [0.717, 1.165) is 5.56 Å². The van der Waals surface area contributed by atoms with Gasteiger partial charge in [0.1, 0.15) is 0 Å². The van der Waals surface area contributed by atoms with E-state index in [1.54, 1.807) is 12.1 Å². The van der Waals surface area contributed by atoms with Crippen molar-refractivity contribution in [2.45, 2.75) is 30.5 Å². The summed E-state index contributed by atoms with van der Waals surface area (Å²) >= 11 is 0. The van der Waals surface area contributed by atoms with Crippen molar-refractivity contribution in [1.82, 2.24) is 0 Å². The minimum atomic E-state index is -4.14. The summed E-state index contributed by atoms with van der Waals surface area (Å²) in [6.45, 7) is 4.76. The van der Waals surface area contributed by atoms with Gasteiger partial charge in [-0.3, -0.25) is 0 Å². The van der Waals surface area contributed by atoms with Gasteiger partial charge >= 0.3 is 5.97 Å². The van der Waals surface area contributed by atoms with E-state index >= 15 is 0 Å². The first-order valence-corrected chi connectivity index (χ1v) is 6.96. The van der Waals surface area contributed by atoms with Gasteiger partial charge in [-0.2, -0.15) is 0 Å². The van der Waals surface area contributed by atoms with Crippen LogP contribution in [0.1, 0.15) is 19.4 Å². The van der Waals surface area contributed by atoms with Gasteiger partial charge in [0.15, 0.2) is 0 Å². The molecule has 6 heteroatoms. The van der Waals surface area contributed by atoms with Crippen LogP contribution in [0.2, 0.25) is 0 Å². The molecule has 0 aliphatic carbocycles. The molecule has 0 spiro atoms. The maximum atomic E-state index is 12.3. The number of sulfone groups is 1. The summed E-state index contributed by atoms with van der Waals surface area (Å²) in [6.07, 6.45) is 0. The molecule has 1 aromatic rings. The Morgan fingerprint density at radius 1 is 1.28 bits per heavy atom. The number of aryl methyl sites for hydroxylation is 1. The fourth-order valence-corrected chi connectivity index (χ4v) is 3.32. The third kappa shape index (κ3) is 2.13. The second-order valence-electron chi connectivity index (χ2n) is 4.57. The minimum Gasteiger partial charge on any atom is -0.479 e. The zero-order chi connectivity index (χ0) is 14.1. The molecule has 1 atom stereocenters. The zero-order valence-electron chi connectivity index (χ0n) is 10.5. The number of hydrogen-bond donors (Lipinski definition) is 2. The Morgan fingerprint density at radius 3 is 2.06 bits per heavy atom. The van der Waals surface area contributed by atoms with Gasteiger partial charge in [-0.1, -0.05) is 31.5 Å². The van der Waals surface area contributed by atoms with E-state index in [9.17, 15) is 13.2 Å². The molecule has 0 bridgehead atoms. The van der Waals surface area contributed by atoms with Crippen molar-refractivity contribution >= 4 is 15.8 Å². The number of aliphatic carboxylic acids is 1. The second-order valence-corrected chi connectivity index (χ2v) is 6.72. The lowest BCUT2D eigenvalue weighted by atomic mass is 10.1. The van der Waals surface area contributed by atoms with E-state index in [4.69, 9.17) is 10.8 Å². The first-order chi connectivity index (χ1) is 8.14. The summed E-state index contributed by atoms with van der Waals surface area (Å²) in [5.74, 6) is -2.29. The summed E-state index contributed by atoms with van der Waals surface area (Å²) in [4.78, 5) is 8.85. The third-order valence-electron chi connectivity index (χ3n) is 2.97. The minimum absolute atomic E-state index is 0.0771. The first-order valence-electron chi connectivity index (χ1n) is 5.47. The number of hydrogen-bond acceptors (Lipinski definition) is 4. The summed E-state index contributed by atoms with van der Waals surface area (Å²) in [7, 11) is -4.14. The van der Waals surface area contributed by atoms with Crippen LogP contribution in [-0.2, 0) is 14.6 Å². The number of carboxylic acid groups (broad SMARTS) is 1. The highest BCUT2D eigenvalue weighted by Crippen LogP contribution is 2.28. The van der Waals surface area contributed by atoms with Gasteiger partial charge in [-0.05, 0) is 25.0 Å². The Morgan fingerprint density at radius 2 is 1.72 bits per heavy atom. The zero-order valence-corrected chi connectivity index (χ0v) is 11.4. The molecule has 0 heterocycles. The fourth-order valence-electron chi connectivity index (χ4n) is 1.58. The Balaban J connectivity index is 3.45. The molecule has 0 amide bonds. The van der Waals surface area contributed by atoms with Crippen LogP contribution in [0, 0.1) is 12.8 Å². The first kappa shape index (κ1) is 14.7. The lowest BCUT2D eigenvalue weighted by molar-refractivity contribution is -0.141. The van der Waals surface area contributed by atoms with Crippen LogP contribution in [0.3, 0.4) is 0 Å². The lowest BCUT2D eigenvalue weighted by Gasteiger charge is -2.28. The molecule has 0 aliphatic heterocycles. The highest BCUT2D eigenvalue weighted by Gasteiger charge is 2.51. The molecule has 0 radical (unpaired) electrons.